The minimum atomic E-state index is 0.683. The van der Waals surface area contributed by atoms with Crippen molar-refractivity contribution in [3.63, 3.8) is 0 Å². The molecule has 1 aromatic rings. The third-order valence-electron chi connectivity index (χ3n) is 3.90. The van der Waals surface area contributed by atoms with E-state index in [0.717, 1.165) is 30.6 Å². The van der Waals surface area contributed by atoms with Crippen molar-refractivity contribution in [2.45, 2.75) is 45.9 Å². The lowest BCUT2D eigenvalue weighted by Gasteiger charge is -2.35. The summed E-state index contributed by atoms with van der Waals surface area (Å²) in [6.45, 7) is 13.2. The Morgan fingerprint density at radius 2 is 2.29 bits per heavy atom. The van der Waals surface area contributed by atoms with Gasteiger partial charge in [0.05, 0.1) is 0 Å². The van der Waals surface area contributed by atoms with Crippen LogP contribution in [0.25, 0.3) is 0 Å². The van der Waals surface area contributed by atoms with Crippen LogP contribution in [0.2, 0.25) is 0 Å². The van der Waals surface area contributed by atoms with Crippen LogP contribution in [-0.2, 0) is 6.54 Å². The number of hydrogen-bond donors (Lipinski definition) is 1. The number of aryl methyl sites for hydroxylation is 1. The number of aromatic nitrogens is 1. The zero-order valence-corrected chi connectivity index (χ0v) is 14.7. The molecule has 3 nitrogen and oxygen atoms in total. The van der Waals surface area contributed by atoms with E-state index in [1.807, 2.05) is 0 Å². The molecule has 0 amide bonds. The van der Waals surface area contributed by atoms with Crippen LogP contribution < -0.4 is 10.2 Å². The van der Waals surface area contributed by atoms with E-state index in [-0.39, 0.29) is 0 Å². The molecule has 4 heteroatoms. The van der Waals surface area contributed by atoms with Crippen molar-refractivity contribution in [1.82, 2.24) is 10.3 Å². The van der Waals surface area contributed by atoms with Gasteiger partial charge in [0.15, 0.2) is 0 Å². The number of pyridine rings is 1. The Morgan fingerprint density at radius 1 is 1.48 bits per heavy atom. The lowest BCUT2D eigenvalue weighted by Crippen LogP contribution is -2.38. The van der Waals surface area contributed by atoms with E-state index in [9.17, 15) is 0 Å². The third kappa shape index (κ3) is 4.89. The molecule has 1 aliphatic heterocycles. The van der Waals surface area contributed by atoms with Crippen LogP contribution in [0.3, 0.4) is 0 Å². The molecule has 0 aromatic carbocycles. The van der Waals surface area contributed by atoms with E-state index in [1.54, 1.807) is 0 Å². The SMILES string of the molecule is CCC1CN(c2cc(C)ncc2CNCC(C)C)CCS1. The minimum absolute atomic E-state index is 0.683. The second kappa shape index (κ2) is 8.04. The Hall–Kier alpha value is -0.740. The molecule has 1 N–H and O–H groups in total. The highest BCUT2D eigenvalue weighted by molar-refractivity contribution is 8.00. The smallest absolute Gasteiger partial charge is 0.0446 e. The van der Waals surface area contributed by atoms with Gasteiger partial charge < -0.3 is 10.2 Å². The summed E-state index contributed by atoms with van der Waals surface area (Å²) in [5.74, 6) is 1.92. The predicted molar refractivity (Wildman–Crippen MR) is 94.3 cm³/mol. The number of anilines is 1. The average molecular weight is 308 g/mol. The summed E-state index contributed by atoms with van der Waals surface area (Å²) in [4.78, 5) is 7.06. The highest BCUT2D eigenvalue weighted by atomic mass is 32.2. The first-order valence-corrected chi connectivity index (χ1v) is 9.17. The van der Waals surface area contributed by atoms with Crippen LogP contribution in [0.15, 0.2) is 12.3 Å². The van der Waals surface area contributed by atoms with Crippen LogP contribution in [-0.4, -0.2) is 35.6 Å². The fourth-order valence-corrected chi connectivity index (χ4v) is 3.87. The lowest BCUT2D eigenvalue weighted by atomic mass is 10.1. The van der Waals surface area contributed by atoms with E-state index < -0.39 is 0 Å². The predicted octanol–water partition coefficient (Wildman–Crippen LogP) is 3.47. The molecule has 0 radical (unpaired) electrons. The summed E-state index contributed by atoms with van der Waals surface area (Å²) >= 11 is 2.12. The summed E-state index contributed by atoms with van der Waals surface area (Å²) in [6, 6.07) is 2.26. The molecule has 0 bridgehead atoms. The lowest BCUT2D eigenvalue weighted by molar-refractivity contribution is 0.551. The Morgan fingerprint density at radius 3 is 3.00 bits per heavy atom. The van der Waals surface area contributed by atoms with Crippen LogP contribution in [0.4, 0.5) is 5.69 Å². The van der Waals surface area contributed by atoms with Crippen molar-refractivity contribution in [2.75, 3.05) is 30.3 Å². The highest BCUT2D eigenvalue weighted by Crippen LogP contribution is 2.28. The summed E-state index contributed by atoms with van der Waals surface area (Å²) in [7, 11) is 0. The molecule has 2 rings (SSSR count). The van der Waals surface area contributed by atoms with Crippen molar-refractivity contribution in [1.29, 1.82) is 0 Å². The van der Waals surface area contributed by atoms with E-state index in [1.165, 1.54) is 30.0 Å². The minimum Gasteiger partial charge on any atom is -0.369 e. The molecule has 2 heterocycles. The molecular weight excluding hydrogens is 278 g/mol. The van der Waals surface area contributed by atoms with Gasteiger partial charge in [0.25, 0.3) is 0 Å². The van der Waals surface area contributed by atoms with E-state index in [4.69, 9.17) is 0 Å². The first-order chi connectivity index (χ1) is 10.1. The van der Waals surface area contributed by atoms with Gasteiger partial charge in [-0.15, -0.1) is 0 Å². The number of thioether (sulfide) groups is 1. The van der Waals surface area contributed by atoms with Gasteiger partial charge in [-0.05, 0) is 31.9 Å². The highest BCUT2D eigenvalue weighted by Gasteiger charge is 2.21. The summed E-state index contributed by atoms with van der Waals surface area (Å²) in [6.07, 6.45) is 3.31. The Bertz CT molecular complexity index is 448. The summed E-state index contributed by atoms with van der Waals surface area (Å²) in [5, 5.41) is 4.32. The molecule has 1 fully saturated rings. The molecule has 21 heavy (non-hydrogen) atoms. The second-order valence-electron chi connectivity index (χ2n) is 6.33. The average Bonchev–Trinajstić information content (AvgIpc) is 2.48. The van der Waals surface area contributed by atoms with Gasteiger partial charge in [-0.1, -0.05) is 20.8 Å². The zero-order valence-electron chi connectivity index (χ0n) is 13.9. The van der Waals surface area contributed by atoms with Crippen molar-refractivity contribution >= 4 is 17.4 Å². The van der Waals surface area contributed by atoms with Gasteiger partial charge in [0, 0.05) is 53.8 Å². The Balaban J connectivity index is 2.10. The van der Waals surface area contributed by atoms with E-state index in [0.29, 0.717) is 5.92 Å². The molecule has 1 saturated heterocycles. The van der Waals surface area contributed by atoms with Crippen LogP contribution >= 0.6 is 11.8 Å². The number of nitrogens with zero attached hydrogens (tertiary/aromatic N) is 2. The van der Waals surface area contributed by atoms with Gasteiger partial charge >= 0.3 is 0 Å². The molecule has 0 saturated carbocycles. The van der Waals surface area contributed by atoms with Crippen LogP contribution in [0.1, 0.15) is 38.4 Å². The fraction of sp³-hybridized carbons (Fsp3) is 0.706. The molecule has 0 spiro atoms. The summed E-state index contributed by atoms with van der Waals surface area (Å²) in [5.41, 5.74) is 3.84. The first-order valence-electron chi connectivity index (χ1n) is 8.13. The van der Waals surface area contributed by atoms with Crippen molar-refractivity contribution < 1.29 is 0 Å². The van der Waals surface area contributed by atoms with Crippen LogP contribution in [0, 0.1) is 12.8 Å². The molecule has 1 unspecified atom stereocenters. The molecule has 0 aliphatic carbocycles. The molecular formula is C17H29N3S. The molecule has 1 aromatic heterocycles. The van der Waals surface area contributed by atoms with Crippen molar-refractivity contribution in [2.24, 2.45) is 5.92 Å². The normalized spacial score (nSPS) is 19.3. The maximum absolute atomic E-state index is 4.50. The first kappa shape index (κ1) is 16.6. The third-order valence-corrected chi connectivity index (χ3v) is 5.27. The fourth-order valence-electron chi connectivity index (χ4n) is 2.68. The Labute approximate surface area is 133 Å². The maximum Gasteiger partial charge on any atom is 0.0446 e. The standard InChI is InChI=1S/C17H29N3S/c1-5-16-12-20(6-7-21-16)17-8-14(4)19-11-15(17)10-18-9-13(2)3/h8,11,13,16,18H,5-7,9-10,12H2,1-4H3. The van der Waals surface area contributed by atoms with Gasteiger partial charge in [0.1, 0.15) is 0 Å². The molecule has 1 atom stereocenters. The monoisotopic (exact) mass is 307 g/mol. The maximum atomic E-state index is 4.50. The summed E-state index contributed by atoms with van der Waals surface area (Å²) < 4.78 is 0. The number of nitrogens with one attached hydrogen (secondary N) is 1. The van der Waals surface area contributed by atoms with Gasteiger partial charge in [0.2, 0.25) is 0 Å². The van der Waals surface area contributed by atoms with E-state index >= 15 is 0 Å². The zero-order chi connectivity index (χ0) is 15.2. The Kier molecular flexibility index (Phi) is 6.37. The molecule has 118 valence electrons. The van der Waals surface area contributed by atoms with Gasteiger partial charge in [-0.3, -0.25) is 4.98 Å². The van der Waals surface area contributed by atoms with Crippen molar-refractivity contribution in [3.8, 4) is 0 Å². The van der Waals surface area contributed by atoms with E-state index in [2.05, 4.69) is 66.9 Å². The second-order valence-corrected chi connectivity index (χ2v) is 7.73. The topological polar surface area (TPSA) is 28.2 Å². The van der Waals surface area contributed by atoms with Gasteiger partial charge in [-0.25, -0.2) is 0 Å². The molecule has 1 aliphatic rings. The number of hydrogen-bond acceptors (Lipinski definition) is 4. The van der Waals surface area contributed by atoms with Crippen LogP contribution in [0.5, 0.6) is 0 Å². The largest absolute Gasteiger partial charge is 0.369 e. The van der Waals surface area contributed by atoms with Crippen molar-refractivity contribution in [3.05, 3.63) is 23.5 Å². The quantitative estimate of drug-likeness (QED) is 0.871. The number of rotatable bonds is 6. The van der Waals surface area contributed by atoms with Gasteiger partial charge in [-0.2, -0.15) is 11.8 Å².